The van der Waals surface area contributed by atoms with Crippen LogP contribution in [0.2, 0.25) is 6.04 Å². The molecule has 0 unspecified atom stereocenters. The Morgan fingerprint density at radius 2 is 2.00 bits per heavy atom. The number of hydrogen-bond acceptors (Lipinski definition) is 1. The van der Waals surface area contributed by atoms with E-state index in [9.17, 15) is 0 Å². The molecule has 2 radical (unpaired) electrons. The van der Waals surface area contributed by atoms with E-state index in [1.165, 1.54) is 37.5 Å². The van der Waals surface area contributed by atoms with Gasteiger partial charge in [0, 0.05) is 0 Å². The molecule has 1 aliphatic rings. The van der Waals surface area contributed by atoms with Gasteiger partial charge in [0.2, 0.25) is 0 Å². The van der Waals surface area contributed by atoms with Crippen molar-refractivity contribution < 1.29 is 0 Å². The summed E-state index contributed by atoms with van der Waals surface area (Å²) in [6.45, 7) is 7.03. The second-order valence-electron chi connectivity index (χ2n) is 3.34. The average molecular weight is 167 g/mol. The molecule has 0 saturated carbocycles. The summed E-state index contributed by atoms with van der Waals surface area (Å²) in [6, 6.07) is 1.27. The molecule has 0 spiro atoms. The van der Waals surface area contributed by atoms with Gasteiger partial charge < -0.3 is 4.57 Å². The van der Waals surface area contributed by atoms with E-state index < -0.39 is 0 Å². The van der Waals surface area contributed by atoms with Crippen molar-refractivity contribution in [2.75, 3.05) is 13.1 Å². The molecule has 0 amide bonds. The van der Waals surface area contributed by atoms with Gasteiger partial charge >= 0.3 is 0 Å². The van der Waals surface area contributed by atoms with Crippen molar-refractivity contribution in [3.05, 3.63) is 11.6 Å². The molecule has 11 heavy (non-hydrogen) atoms. The van der Waals surface area contributed by atoms with E-state index in [0.717, 1.165) is 9.68 Å². The predicted octanol–water partition coefficient (Wildman–Crippen LogP) is 2.09. The molecule has 0 aromatic rings. The maximum atomic E-state index is 2.58. The third-order valence-corrected chi connectivity index (χ3v) is 3.21. The third-order valence-electron chi connectivity index (χ3n) is 1.93. The molecule has 0 N–H and O–H groups in total. The molecule has 1 saturated heterocycles. The summed E-state index contributed by atoms with van der Waals surface area (Å²) in [5, 5.41) is 0. The lowest BCUT2D eigenvalue weighted by atomic mass is 10.3. The molecule has 0 atom stereocenters. The van der Waals surface area contributed by atoms with Crippen molar-refractivity contribution in [2.45, 2.75) is 32.7 Å². The predicted molar refractivity (Wildman–Crippen MR) is 50.8 cm³/mol. The highest BCUT2D eigenvalue weighted by Crippen LogP contribution is 2.06. The summed E-state index contributed by atoms with van der Waals surface area (Å²) in [7, 11) is 1.04. The van der Waals surface area contributed by atoms with Crippen LogP contribution in [0.4, 0.5) is 0 Å². The summed E-state index contributed by atoms with van der Waals surface area (Å²) in [4.78, 5) is 0. The highest BCUT2D eigenvalue weighted by atomic mass is 28.2. The molecular weight excluding hydrogens is 150 g/mol. The lowest BCUT2D eigenvalue weighted by Gasteiger charge is -2.10. The second kappa shape index (κ2) is 4.73. The van der Waals surface area contributed by atoms with Gasteiger partial charge in [-0.25, -0.2) is 0 Å². The van der Waals surface area contributed by atoms with E-state index in [1.54, 1.807) is 0 Å². The minimum Gasteiger partial charge on any atom is -0.325 e. The van der Waals surface area contributed by atoms with Gasteiger partial charge in [-0.05, 0) is 45.8 Å². The number of allylic oxidation sites excluding steroid dienone is 2. The van der Waals surface area contributed by atoms with Crippen molar-refractivity contribution >= 4 is 9.68 Å². The van der Waals surface area contributed by atoms with Crippen LogP contribution in [0.15, 0.2) is 11.6 Å². The van der Waals surface area contributed by atoms with Crippen molar-refractivity contribution in [1.82, 2.24) is 4.57 Å². The van der Waals surface area contributed by atoms with E-state index in [0.29, 0.717) is 0 Å². The van der Waals surface area contributed by atoms with Gasteiger partial charge in [0.25, 0.3) is 0 Å². The largest absolute Gasteiger partial charge is 0.325 e. The topological polar surface area (TPSA) is 3.24 Å². The summed E-state index contributed by atoms with van der Waals surface area (Å²) >= 11 is 0. The van der Waals surface area contributed by atoms with Crippen LogP contribution in [-0.2, 0) is 0 Å². The molecule has 2 heteroatoms. The van der Waals surface area contributed by atoms with Gasteiger partial charge in [0.15, 0.2) is 0 Å². The van der Waals surface area contributed by atoms with Crippen LogP contribution in [0.5, 0.6) is 0 Å². The van der Waals surface area contributed by atoms with Crippen LogP contribution in [0.25, 0.3) is 0 Å². The smallest absolute Gasteiger partial charge is 0.146 e. The fourth-order valence-corrected chi connectivity index (χ4v) is 2.64. The zero-order chi connectivity index (χ0) is 8.10. The van der Waals surface area contributed by atoms with Gasteiger partial charge in [-0.2, -0.15) is 0 Å². The standard InChI is InChI=1S/C9H17NSi/c1-9(2)5-8-11-10-6-3-4-7-10/h5H,3-4,6-8H2,1-2H3. The summed E-state index contributed by atoms with van der Waals surface area (Å²) in [6.07, 6.45) is 5.18. The van der Waals surface area contributed by atoms with E-state index in [4.69, 9.17) is 0 Å². The molecule has 1 rings (SSSR count). The van der Waals surface area contributed by atoms with Crippen LogP contribution in [0.1, 0.15) is 26.7 Å². The summed E-state index contributed by atoms with van der Waals surface area (Å²) in [5.41, 5.74) is 1.46. The molecule has 1 fully saturated rings. The lowest BCUT2D eigenvalue weighted by molar-refractivity contribution is 0.551. The molecule has 62 valence electrons. The first-order chi connectivity index (χ1) is 5.29. The number of rotatable bonds is 3. The number of hydrogen-bond donors (Lipinski definition) is 0. The molecule has 1 heterocycles. The molecule has 1 aliphatic heterocycles. The Labute approximate surface area is 72.4 Å². The zero-order valence-corrected chi connectivity index (χ0v) is 8.56. The van der Waals surface area contributed by atoms with Crippen molar-refractivity contribution in [3.63, 3.8) is 0 Å². The monoisotopic (exact) mass is 167 g/mol. The maximum absolute atomic E-state index is 2.58. The van der Waals surface area contributed by atoms with E-state index in [2.05, 4.69) is 24.5 Å². The van der Waals surface area contributed by atoms with Gasteiger partial charge in [-0.1, -0.05) is 11.6 Å². The van der Waals surface area contributed by atoms with Gasteiger partial charge in [0.1, 0.15) is 9.68 Å². The highest BCUT2D eigenvalue weighted by Gasteiger charge is 2.10. The third kappa shape index (κ3) is 3.73. The minimum absolute atomic E-state index is 1.04. The Morgan fingerprint density at radius 3 is 2.55 bits per heavy atom. The van der Waals surface area contributed by atoms with E-state index in [1.807, 2.05) is 0 Å². The number of nitrogens with zero attached hydrogens (tertiary/aromatic N) is 1. The van der Waals surface area contributed by atoms with Crippen LogP contribution >= 0.6 is 0 Å². The molecule has 0 bridgehead atoms. The Hall–Kier alpha value is -0.0831. The fourth-order valence-electron chi connectivity index (χ4n) is 1.25. The van der Waals surface area contributed by atoms with Crippen LogP contribution in [0, 0.1) is 0 Å². The first kappa shape index (κ1) is 9.01. The van der Waals surface area contributed by atoms with Crippen molar-refractivity contribution in [2.24, 2.45) is 0 Å². The normalized spacial score (nSPS) is 18.7. The van der Waals surface area contributed by atoms with E-state index >= 15 is 0 Å². The fraction of sp³-hybridized carbons (Fsp3) is 0.778. The van der Waals surface area contributed by atoms with E-state index in [-0.39, 0.29) is 0 Å². The SMILES string of the molecule is CC(C)=CC[Si]N1CCCC1. The highest BCUT2D eigenvalue weighted by molar-refractivity contribution is 6.32. The van der Waals surface area contributed by atoms with Gasteiger partial charge in [-0.15, -0.1) is 0 Å². The first-order valence-electron chi connectivity index (χ1n) is 4.41. The summed E-state index contributed by atoms with van der Waals surface area (Å²) in [5.74, 6) is 0. The maximum Gasteiger partial charge on any atom is 0.146 e. The molecule has 0 aromatic heterocycles. The van der Waals surface area contributed by atoms with Crippen LogP contribution < -0.4 is 0 Å². The Kier molecular flexibility index (Phi) is 3.87. The van der Waals surface area contributed by atoms with Gasteiger partial charge in [-0.3, -0.25) is 0 Å². The Morgan fingerprint density at radius 1 is 1.36 bits per heavy atom. The van der Waals surface area contributed by atoms with Crippen LogP contribution in [0.3, 0.4) is 0 Å². The van der Waals surface area contributed by atoms with Crippen molar-refractivity contribution in [1.29, 1.82) is 0 Å². The molecule has 1 nitrogen and oxygen atoms in total. The molecule has 0 aliphatic carbocycles. The quantitative estimate of drug-likeness (QED) is 0.459. The first-order valence-corrected chi connectivity index (χ1v) is 5.56. The molecular formula is C9H17NSi. The van der Waals surface area contributed by atoms with Crippen LogP contribution in [-0.4, -0.2) is 27.3 Å². The lowest BCUT2D eigenvalue weighted by Crippen LogP contribution is -2.23. The minimum atomic E-state index is 1.04. The summed E-state index contributed by atoms with van der Waals surface area (Å²) < 4.78 is 2.58. The second-order valence-corrected chi connectivity index (χ2v) is 4.69. The van der Waals surface area contributed by atoms with Crippen molar-refractivity contribution in [3.8, 4) is 0 Å². The molecule has 0 aromatic carbocycles. The zero-order valence-electron chi connectivity index (χ0n) is 7.56. The Balaban J connectivity index is 2.07. The average Bonchev–Trinajstić information content (AvgIpc) is 2.39. The van der Waals surface area contributed by atoms with Gasteiger partial charge in [0.05, 0.1) is 0 Å². The Bertz CT molecular complexity index is 132.